The maximum absolute atomic E-state index is 13.3. The van der Waals surface area contributed by atoms with E-state index in [-0.39, 0.29) is 12.1 Å². The summed E-state index contributed by atoms with van der Waals surface area (Å²) in [7, 11) is 0. The Morgan fingerprint density at radius 2 is 1.72 bits per heavy atom. The van der Waals surface area contributed by atoms with Gasteiger partial charge in [0.2, 0.25) is 0 Å². The molecule has 1 aliphatic heterocycles. The Bertz CT molecular complexity index is 1110. The summed E-state index contributed by atoms with van der Waals surface area (Å²) in [6.45, 7) is 14.2. The largest absolute Gasteiger partial charge is 0.444 e. The summed E-state index contributed by atoms with van der Waals surface area (Å²) in [5.41, 5.74) is 2.08. The lowest BCUT2D eigenvalue weighted by Crippen LogP contribution is -2.51. The number of alkyl carbamates (subject to hydrolysis) is 1. The Hall–Kier alpha value is -2.84. The second-order valence-corrected chi connectivity index (χ2v) is 12.4. The Labute approximate surface area is 238 Å². The van der Waals surface area contributed by atoms with Crippen LogP contribution in [0.4, 0.5) is 9.59 Å². The van der Waals surface area contributed by atoms with Gasteiger partial charge in [-0.25, -0.2) is 9.59 Å². The lowest BCUT2D eigenvalue weighted by molar-refractivity contribution is 0.00708. The average molecular weight is 559 g/mol. The van der Waals surface area contributed by atoms with Gasteiger partial charge >= 0.3 is 12.2 Å². The summed E-state index contributed by atoms with van der Waals surface area (Å²) < 4.78 is 11.1. The van der Waals surface area contributed by atoms with E-state index in [4.69, 9.17) is 21.1 Å². The molecule has 3 rings (SSSR count). The van der Waals surface area contributed by atoms with Crippen molar-refractivity contribution in [1.82, 2.24) is 20.1 Å². The van der Waals surface area contributed by atoms with Gasteiger partial charge < -0.3 is 14.8 Å². The normalized spacial score (nSPS) is 15.6. The number of pyridine rings is 1. The van der Waals surface area contributed by atoms with Crippen molar-refractivity contribution >= 4 is 23.8 Å². The van der Waals surface area contributed by atoms with Gasteiger partial charge in [-0.1, -0.05) is 35.9 Å². The van der Waals surface area contributed by atoms with Crippen LogP contribution < -0.4 is 5.32 Å². The van der Waals surface area contributed by atoms with Crippen molar-refractivity contribution < 1.29 is 19.1 Å². The zero-order chi connectivity index (χ0) is 28.6. The molecular weight excluding hydrogens is 516 g/mol. The van der Waals surface area contributed by atoms with Crippen LogP contribution in [-0.2, 0) is 29.0 Å². The number of unbranched alkanes of at least 4 members (excludes halogenated alkanes) is 1. The highest BCUT2D eigenvalue weighted by Gasteiger charge is 2.34. The number of hydrogen-bond acceptors (Lipinski definition) is 6. The summed E-state index contributed by atoms with van der Waals surface area (Å²) in [4.78, 5) is 33.9. The van der Waals surface area contributed by atoms with Crippen molar-refractivity contribution in [3.63, 3.8) is 0 Å². The predicted molar refractivity (Wildman–Crippen MR) is 154 cm³/mol. The standard InChI is InChI=1S/C30H43ClN4O4/c1-29(2,3)38-27(36)33-15-9-10-17-34(21-26-25(31)14-11-16-32-26)20-24-18-22-12-7-8-13-23(22)19-35(24)28(37)39-30(4,5)6/h7-8,11-14,16,24H,9-10,15,17-21H2,1-6H3,(H,33,36). The van der Waals surface area contributed by atoms with Crippen LogP contribution in [0.2, 0.25) is 5.02 Å². The number of benzene rings is 1. The smallest absolute Gasteiger partial charge is 0.410 e. The molecule has 0 spiro atoms. The van der Waals surface area contributed by atoms with E-state index < -0.39 is 17.3 Å². The van der Waals surface area contributed by atoms with Crippen molar-refractivity contribution in [1.29, 1.82) is 0 Å². The molecule has 1 aromatic carbocycles. The van der Waals surface area contributed by atoms with E-state index in [0.29, 0.717) is 31.2 Å². The number of nitrogens with one attached hydrogen (secondary N) is 1. The lowest BCUT2D eigenvalue weighted by Gasteiger charge is -2.40. The zero-order valence-electron chi connectivity index (χ0n) is 24.1. The Balaban J connectivity index is 1.71. The Morgan fingerprint density at radius 3 is 2.38 bits per heavy atom. The Kier molecular flexibility index (Phi) is 10.6. The number of fused-ring (bicyclic) bond motifs is 1. The van der Waals surface area contributed by atoms with Crippen molar-refractivity contribution in [2.45, 2.75) is 91.1 Å². The number of aromatic nitrogens is 1. The van der Waals surface area contributed by atoms with Crippen molar-refractivity contribution in [2.75, 3.05) is 19.6 Å². The predicted octanol–water partition coefficient (Wildman–Crippen LogP) is 6.20. The zero-order valence-corrected chi connectivity index (χ0v) is 24.9. The molecular formula is C30H43ClN4O4. The highest BCUT2D eigenvalue weighted by molar-refractivity contribution is 6.31. The molecule has 1 N–H and O–H groups in total. The van der Waals surface area contributed by atoms with Gasteiger partial charge in [0.1, 0.15) is 11.2 Å². The van der Waals surface area contributed by atoms with Crippen LogP contribution in [0.15, 0.2) is 42.6 Å². The van der Waals surface area contributed by atoms with Crippen LogP contribution in [-0.4, -0.2) is 63.8 Å². The van der Waals surface area contributed by atoms with Gasteiger partial charge in [0, 0.05) is 32.4 Å². The average Bonchev–Trinajstić information content (AvgIpc) is 2.82. The molecule has 1 aromatic heterocycles. The van der Waals surface area contributed by atoms with Crippen LogP contribution in [0.25, 0.3) is 0 Å². The van der Waals surface area contributed by atoms with Crippen LogP contribution in [0.1, 0.15) is 71.2 Å². The molecule has 2 heterocycles. The third kappa shape index (κ3) is 10.3. The quantitative estimate of drug-likeness (QED) is 0.369. The first kappa shape index (κ1) is 30.7. The number of carbonyl (C=O) groups is 2. The van der Waals surface area contributed by atoms with E-state index >= 15 is 0 Å². The molecule has 0 bridgehead atoms. The van der Waals surface area contributed by atoms with Crippen LogP contribution >= 0.6 is 11.6 Å². The van der Waals surface area contributed by atoms with Crippen LogP contribution in [0.5, 0.6) is 0 Å². The molecule has 0 fully saturated rings. The maximum atomic E-state index is 13.3. The summed E-state index contributed by atoms with van der Waals surface area (Å²) in [6.07, 6.45) is 3.40. The van der Waals surface area contributed by atoms with Gasteiger partial charge in [0.05, 0.1) is 16.8 Å². The minimum Gasteiger partial charge on any atom is -0.444 e. The van der Waals surface area contributed by atoms with Gasteiger partial charge in [0.25, 0.3) is 0 Å². The third-order valence-corrected chi connectivity index (χ3v) is 6.57. The second kappa shape index (κ2) is 13.5. The number of nitrogens with zero attached hydrogens (tertiary/aromatic N) is 3. The molecule has 0 saturated heterocycles. The molecule has 2 aromatic rings. The number of hydrogen-bond donors (Lipinski definition) is 1. The molecule has 8 nitrogen and oxygen atoms in total. The SMILES string of the molecule is CC(C)(C)OC(=O)NCCCCN(Cc1ncccc1Cl)CC1Cc2ccccc2CN1C(=O)OC(C)(C)C. The van der Waals surface area contributed by atoms with Gasteiger partial charge in [-0.05, 0) is 90.6 Å². The molecule has 1 unspecified atom stereocenters. The van der Waals surface area contributed by atoms with E-state index in [1.165, 1.54) is 5.56 Å². The number of amides is 2. The maximum Gasteiger partial charge on any atom is 0.410 e. The molecule has 39 heavy (non-hydrogen) atoms. The fourth-order valence-corrected chi connectivity index (χ4v) is 4.71. The third-order valence-electron chi connectivity index (χ3n) is 6.23. The molecule has 0 aliphatic carbocycles. The van der Waals surface area contributed by atoms with Gasteiger partial charge in [-0.15, -0.1) is 0 Å². The fourth-order valence-electron chi connectivity index (χ4n) is 4.53. The van der Waals surface area contributed by atoms with Crippen molar-refractivity contribution in [3.05, 3.63) is 64.4 Å². The number of halogens is 1. The number of rotatable bonds is 9. The molecule has 2 amide bonds. The number of carbonyl (C=O) groups excluding carboxylic acids is 2. The van der Waals surface area contributed by atoms with Crippen LogP contribution in [0, 0.1) is 0 Å². The monoisotopic (exact) mass is 558 g/mol. The second-order valence-electron chi connectivity index (χ2n) is 12.0. The molecule has 214 valence electrons. The van der Waals surface area contributed by atoms with Gasteiger partial charge in [-0.3, -0.25) is 14.8 Å². The van der Waals surface area contributed by atoms with E-state index in [0.717, 1.165) is 37.1 Å². The van der Waals surface area contributed by atoms with Crippen molar-refractivity contribution in [2.24, 2.45) is 0 Å². The first-order chi connectivity index (χ1) is 18.3. The van der Waals surface area contributed by atoms with Crippen molar-refractivity contribution in [3.8, 4) is 0 Å². The highest BCUT2D eigenvalue weighted by Crippen LogP contribution is 2.27. The summed E-state index contributed by atoms with van der Waals surface area (Å²) in [5, 5.41) is 3.44. The topological polar surface area (TPSA) is 84.0 Å². The summed E-state index contributed by atoms with van der Waals surface area (Å²) in [5.74, 6) is 0. The van der Waals surface area contributed by atoms with Gasteiger partial charge in [-0.2, -0.15) is 0 Å². The fraction of sp³-hybridized carbons (Fsp3) is 0.567. The van der Waals surface area contributed by atoms with Gasteiger partial charge in [0.15, 0.2) is 0 Å². The molecule has 9 heteroatoms. The van der Waals surface area contributed by atoms with E-state index in [2.05, 4.69) is 27.3 Å². The summed E-state index contributed by atoms with van der Waals surface area (Å²) in [6, 6.07) is 11.9. The highest BCUT2D eigenvalue weighted by atomic mass is 35.5. The number of ether oxygens (including phenoxy) is 2. The summed E-state index contributed by atoms with van der Waals surface area (Å²) >= 11 is 6.47. The molecule has 1 aliphatic rings. The molecule has 0 radical (unpaired) electrons. The van der Waals surface area contributed by atoms with E-state index in [1.807, 2.05) is 70.7 Å². The minimum absolute atomic E-state index is 0.0721. The minimum atomic E-state index is -0.582. The first-order valence-corrected chi connectivity index (χ1v) is 14.0. The van der Waals surface area contributed by atoms with E-state index in [1.54, 1.807) is 6.20 Å². The van der Waals surface area contributed by atoms with Crippen LogP contribution in [0.3, 0.4) is 0 Å². The Morgan fingerprint density at radius 1 is 1.03 bits per heavy atom. The first-order valence-electron chi connectivity index (χ1n) is 13.7. The molecule has 0 saturated carbocycles. The van der Waals surface area contributed by atoms with E-state index in [9.17, 15) is 9.59 Å². The lowest BCUT2D eigenvalue weighted by atomic mass is 9.94. The molecule has 1 atom stereocenters.